The fraction of sp³-hybridized carbons (Fsp3) is 0.176. The molecule has 0 saturated carbocycles. The van der Waals surface area contributed by atoms with Gasteiger partial charge in [-0.3, -0.25) is 0 Å². The molecule has 9 aromatic rings. The van der Waals surface area contributed by atoms with Gasteiger partial charge in [0, 0.05) is 0 Å². The molecule has 9 aromatic carbocycles. The normalized spacial score (nSPS) is 13.3. The van der Waals surface area contributed by atoms with Gasteiger partial charge in [0.05, 0.1) is 0 Å². The first kappa shape index (κ1) is 60.7. The third-order valence-corrected chi connectivity index (χ3v) is 25.9. The van der Waals surface area contributed by atoms with Crippen LogP contribution in [0.15, 0.2) is 249 Å². The Balaban J connectivity index is 1.43. The molecule has 0 aliphatic carbocycles. The molecule has 9 rings (SSSR count). The molecular formula is C68H63BF6O7P2. The number of carbonyl (C=O) groups is 2. The summed E-state index contributed by atoms with van der Waals surface area (Å²) >= 11 is 0. The second-order valence-corrected chi connectivity index (χ2v) is 31.5. The van der Waals surface area contributed by atoms with Crippen molar-refractivity contribution in [3.05, 3.63) is 282 Å². The van der Waals surface area contributed by atoms with E-state index in [1.165, 1.54) is 0 Å². The zero-order valence-corrected chi connectivity index (χ0v) is 49.0. The van der Waals surface area contributed by atoms with Crippen LogP contribution in [0.25, 0.3) is 0 Å². The number of ether oxygens (including phenoxy) is 2. The van der Waals surface area contributed by atoms with E-state index in [0.717, 1.165) is 0 Å². The van der Waals surface area contributed by atoms with Gasteiger partial charge in [-0.15, -0.1) is 0 Å². The second-order valence-electron chi connectivity index (χ2n) is 22.5. The van der Waals surface area contributed by atoms with Crippen molar-refractivity contribution >= 4 is 64.7 Å². The summed E-state index contributed by atoms with van der Waals surface area (Å²) in [6.07, 6.45) is -10.6. The molecule has 0 atom stereocenters. The third-order valence-electron chi connectivity index (χ3n) is 14.4. The molecule has 0 unspecified atom stereocenters. The van der Waals surface area contributed by atoms with E-state index in [2.05, 4.69) is 0 Å². The van der Waals surface area contributed by atoms with Crippen molar-refractivity contribution in [2.24, 2.45) is 0 Å². The van der Waals surface area contributed by atoms with Crippen LogP contribution in [0.5, 0.6) is 5.75 Å². The molecule has 432 valence electrons. The summed E-state index contributed by atoms with van der Waals surface area (Å²) in [6.45, 7) is 0.408. The summed E-state index contributed by atoms with van der Waals surface area (Å²) in [5, 5.41) is 3.45. The number of hydrogen-bond acceptors (Lipinski definition) is 7. The Morgan fingerprint density at radius 3 is 0.845 bits per heavy atom. The molecule has 0 fully saturated rings. The van der Waals surface area contributed by atoms with Crippen LogP contribution in [-0.2, 0) is 43.0 Å². The van der Waals surface area contributed by atoms with Gasteiger partial charge in [-0.25, -0.2) is 0 Å². The molecule has 0 aliphatic heterocycles. The summed E-state index contributed by atoms with van der Waals surface area (Å²) in [5.41, 5.74) is -3.12. The molecule has 0 aromatic heterocycles. The van der Waals surface area contributed by atoms with Gasteiger partial charge < -0.3 is 0 Å². The number of benzene rings is 9. The Labute approximate surface area is 486 Å². The van der Waals surface area contributed by atoms with E-state index in [0.29, 0.717) is 55.1 Å². The van der Waals surface area contributed by atoms with Crippen LogP contribution < -0.4 is 36.5 Å². The minimum absolute atomic E-state index is 0.0397. The first-order chi connectivity index (χ1) is 39.8. The fourth-order valence-corrected chi connectivity index (χ4v) is 22.1. The van der Waals surface area contributed by atoms with Crippen LogP contribution in [0.3, 0.4) is 0 Å². The average Bonchev–Trinajstić information content (AvgIpc) is 2.52. The van der Waals surface area contributed by atoms with Gasteiger partial charge in [-0.05, 0) is 0 Å². The standard InChI is InChI=1S/C68H63BF6O7P2/c1-65(2,3)78-63(76)52-41-37-50(38-42-52)48-83(57-25-13-7-14-26-57,58-27-15-8-16-28-58,59-29-17-9-18-30-59)81-69(80-56-46-54(67(70,71)72)45-55(47-56)68(73,74)75)82-84(60-31-19-10-20-32-60,61-33-21-11-22-34-61,62-35-23-12-24-36-62)49-51-39-43-53(44-40-51)64(77)79-66(4,5)6/h7-47H,48-49H2,1-6H3. The molecule has 0 amide bonds. The van der Waals surface area contributed by atoms with Crippen LogP contribution >= 0.6 is 13.7 Å². The molecule has 7 nitrogen and oxygen atoms in total. The van der Waals surface area contributed by atoms with Gasteiger partial charge in [-0.1, -0.05) is 0 Å². The third kappa shape index (κ3) is 12.5. The van der Waals surface area contributed by atoms with Crippen LogP contribution in [0.1, 0.15) is 84.5 Å². The van der Waals surface area contributed by atoms with E-state index in [9.17, 15) is 9.59 Å². The summed E-state index contributed by atoms with van der Waals surface area (Å²) < 4.78 is 126. The molecule has 0 aliphatic rings. The van der Waals surface area contributed by atoms with Crippen molar-refractivity contribution in [1.29, 1.82) is 0 Å². The van der Waals surface area contributed by atoms with E-state index in [4.69, 9.17) is 23.0 Å². The summed E-state index contributed by atoms with van der Waals surface area (Å²) in [5.74, 6) is -1.99. The number of alkyl halides is 6. The van der Waals surface area contributed by atoms with E-state index in [1.54, 1.807) is 90.1 Å². The van der Waals surface area contributed by atoms with Gasteiger partial charge in [0.15, 0.2) is 0 Å². The fourth-order valence-electron chi connectivity index (χ4n) is 10.8. The van der Waals surface area contributed by atoms with E-state index in [-0.39, 0.29) is 29.5 Å². The number of halogens is 6. The quantitative estimate of drug-likeness (QED) is 0.0366. The zero-order chi connectivity index (χ0) is 60.1. The van der Waals surface area contributed by atoms with Gasteiger partial charge in [0.1, 0.15) is 0 Å². The number of hydrogen-bond donors (Lipinski definition) is 0. The van der Waals surface area contributed by atoms with Crippen molar-refractivity contribution < 1.29 is 58.9 Å². The SMILES string of the molecule is CC(C)(C)OC(=O)c1ccc(CP(OB(Oc2cc(C(F)(F)F)cc(C(F)(F)F)c2)OP(Cc2ccc(C(=O)OC(C)(C)C)cc2)(c2ccccc2)(c2ccccc2)c2ccccc2)(c2ccccc2)(c2ccccc2)c2ccccc2)cc1. The minimum atomic E-state index is -5.28. The van der Waals surface area contributed by atoms with E-state index >= 15 is 26.3 Å². The second kappa shape index (κ2) is 23.7. The van der Waals surface area contributed by atoms with Crippen LogP contribution in [-0.4, -0.2) is 30.5 Å². The Hall–Kier alpha value is -7.86. The van der Waals surface area contributed by atoms with Crippen molar-refractivity contribution in [2.45, 2.75) is 77.4 Å². The van der Waals surface area contributed by atoms with Gasteiger partial charge in [0.25, 0.3) is 0 Å². The Bertz CT molecular complexity index is 3260. The summed E-state index contributed by atoms with van der Waals surface area (Å²) in [4.78, 5) is 27.2. The maximum atomic E-state index is 15.1. The summed E-state index contributed by atoms with van der Waals surface area (Å²) in [6, 6.07) is 70.2. The Morgan fingerprint density at radius 2 is 0.619 bits per heavy atom. The first-order valence-corrected chi connectivity index (χ1v) is 31.8. The van der Waals surface area contributed by atoms with Gasteiger partial charge in [-0.2, -0.15) is 0 Å². The molecule has 0 N–H and O–H groups in total. The predicted octanol–water partition coefficient (Wildman–Crippen LogP) is 15.3. The molecule has 16 heteroatoms. The van der Waals surface area contributed by atoms with Gasteiger partial charge in [0.2, 0.25) is 0 Å². The number of carbonyl (C=O) groups excluding carboxylic acids is 2. The molecule has 0 bridgehead atoms. The average molecular weight is 1180 g/mol. The maximum absolute atomic E-state index is 15.1. The zero-order valence-electron chi connectivity index (χ0n) is 47.2. The number of esters is 2. The molecular weight excluding hydrogens is 1120 g/mol. The Kier molecular flexibility index (Phi) is 17.1. The van der Waals surface area contributed by atoms with Crippen molar-refractivity contribution in [3.8, 4) is 5.75 Å². The van der Waals surface area contributed by atoms with Crippen LogP contribution in [0, 0.1) is 0 Å². The van der Waals surface area contributed by atoms with Crippen molar-refractivity contribution in [3.63, 3.8) is 0 Å². The molecule has 0 spiro atoms. The molecule has 0 heterocycles. The molecule has 84 heavy (non-hydrogen) atoms. The predicted molar refractivity (Wildman–Crippen MR) is 326 cm³/mol. The topological polar surface area (TPSA) is 80.3 Å². The number of rotatable bonds is 18. The van der Waals surface area contributed by atoms with Crippen LogP contribution in [0.4, 0.5) is 26.3 Å². The first-order valence-electron chi connectivity index (χ1n) is 27.2. The van der Waals surface area contributed by atoms with Crippen molar-refractivity contribution in [2.75, 3.05) is 0 Å². The van der Waals surface area contributed by atoms with E-state index in [1.807, 2.05) is 182 Å². The van der Waals surface area contributed by atoms with E-state index < -0.39 is 73.4 Å². The Morgan fingerprint density at radius 1 is 0.369 bits per heavy atom. The van der Waals surface area contributed by atoms with Gasteiger partial charge >= 0.3 is 489 Å². The summed E-state index contributed by atoms with van der Waals surface area (Å²) in [7, 11) is -2.24. The van der Waals surface area contributed by atoms with Crippen LogP contribution in [0.2, 0.25) is 0 Å². The molecule has 0 radical (unpaired) electrons. The monoisotopic (exact) mass is 1180 g/mol. The molecule has 0 saturated heterocycles. The van der Waals surface area contributed by atoms with Crippen molar-refractivity contribution in [1.82, 2.24) is 0 Å².